The van der Waals surface area contributed by atoms with Gasteiger partial charge >= 0.3 is 12.4 Å². The molecule has 0 aliphatic rings. The van der Waals surface area contributed by atoms with E-state index in [1.54, 1.807) is 6.07 Å². The maximum Gasteiger partial charge on any atom is 0.433 e. The second-order valence-corrected chi connectivity index (χ2v) is 7.35. The zero-order valence-corrected chi connectivity index (χ0v) is 16.9. The van der Waals surface area contributed by atoms with Gasteiger partial charge in [-0.2, -0.15) is 26.3 Å². The fraction of sp³-hybridized carbons (Fsp3) is 0.524. The Morgan fingerprint density at radius 1 is 0.862 bits per heavy atom. The molecule has 2 heterocycles. The summed E-state index contributed by atoms with van der Waals surface area (Å²) >= 11 is 0. The Labute approximate surface area is 167 Å². The van der Waals surface area contributed by atoms with E-state index >= 15 is 0 Å². The van der Waals surface area contributed by atoms with E-state index in [-0.39, 0.29) is 17.4 Å². The van der Waals surface area contributed by atoms with Gasteiger partial charge in [-0.15, -0.1) is 0 Å². The molecular formula is C21H26F6N2. The van der Waals surface area contributed by atoms with Crippen LogP contribution in [0, 0.1) is 11.8 Å². The maximum atomic E-state index is 12.5. The molecule has 0 saturated heterocycles. The number of hydrogen-bond acceptors (Lipinski definition) is 2. The lowest BCUT2D eigenvalue weighted by Crippen LogP contribution is -2.13. The summed E-state index contributed by atoms with van der Waals surface area (Å²) in [6, 6.07) is 4.08. The zero-order chi connectivity index (χ0) is 22.2. The summed E-state index contributed by atoms with van der Waals surface area (Å²) in [5.74, 6) is 0.440. The van der Waals surface area contributed by atoms with Gasteiger partial charge in [-0.1, -0.05) is 40.2 Å². The summed E-state index contributed by atoms with van der Waals surface area (Å²) in [5, 5.41) is 0. The van der Waals surface area contributed by atoms with Gasteiger partial charge in [-0.05, 0) is 47.9 Å². The van der Waals surface area contributed by atoms with Crippen LogP contribution in [0.1, 0.15) is 56.5 Å². The third kappa shape index (κ3) is 8.41. The molecule has 2 aromatic heterocycles. The lowest BCUT2D eigenvalue weighted by Gasteiger charge is -2.13. The molecule has 0 bridgehead atoms. The fourth-order valence-electron chi connectivity index (χ4n) is 2.68. The molecular weight excluding hydrogens is 394 g/mol. The van der Waals surface area contributed by atoms with Crippen molar-refractivity contribution < 1.29 is 26.3 Å². The largest absolute Gasteiger partial charge is 0.433 e. The summed E-state index contributed by atoms with van der Waals surface area (Å²) in [5.41, 5.74) is -0.749. The Morgan fingerprint density at radius 2 is 1.52 bits per heavy atom. The van der Waals surface area contributed by atoms with E-state index in [2.05, 4.69) is 9.97 Å². The molecule has 29 heavy (non-hydrogen) atoms. The molecule has 0 fully saturated rings. The number of hydrogen-bond donors (Lipinski definition) is 0. The average Bonchev–Trinajstić information content (AvgIpc) is 2.61. The Hall–Kier alpha value is -2.12. The number of pyridine rings is 2. The van der Waals surface area contributed by atoms with Crippen LogP contribution in [-0.2, 0) is 25.2 Å². The fourth-order valence-corrected chi connectivity index (χ4v) is 2.68. The summed E-state index contributed by atoms with van der Waals surface area (Å²) in [4.78, 5) is 7.12. The summed E-state index contributed by atoms with van der Waals surface area (Å²) < 4.78 is 75.0. The molecule has 0 spiro atoms. The molecule has 8 heteroatoms. The Kier molecular flexibility index (Phi) is 9.11. The predicted molar refractivity (Wildman–Crippen MR) is 100 cm³/mol. The molecule has 0 saturated carbocycles. The van der Waals surface area contributed by atoms with Crippen molar-refractivity contribution >= 4 is 0 Å². The van der Waals surface area contributed by atoms with E-state index in [0.717, 1.165) is 12.5 Å². The van der Waals surface area contributed by atoms with E-state index in [1.165, 1.54) is 24.7 Å². The highest BCUT2D eigenvalue weighted by atomic mass is 19.4. The molecule has 0 radical (unpaired) electrons. The number of aromatic nitrogens is 2. The molecule has 2 nitrogen and oxygen atoms in total. The van der Waals surface area contributed by atoms with Crippen LogP contribution < -0.4 is 0 Å². The molecule has 0 amide bonds. The van der Waals surface area contributed by atoms with Crippen LogP contribution in [0.15, 0.2) is 36.8 Å². The van der Waals surface area contributed by atoms with Crippen molar-refractivity contribution in [2.45, 2.75) is 59.3 Å². The van der Waals surface area contributed by atoms with E-state index in [4.69, 9.17) is 0 Å². The van der Waals surface area contributed by atoms with Crippen LogP contribution in [0.2, 0.25) is 0 Å². The average molecular weight is 420 g/mol. The Bertz CT molecular complexity index is 753. The van der Waals surface area contributed by atoms with Crippen LogP contribution in [0.3, 0.4) is 0 Å². The summed E-state index contributed by atoms with van der Waals surface area (Å²) in [7, 11) is 0. The first-order valence-corrected chi connectivity index (χ1v) is 9.37. The van der Waals surface area contributed by atoms with Crippen molar-refractivity contribution in [1.82, 2.24) is 9.97 Å². The van der Waals surface area contributed by atoms with Crippen molar-refractivity contribution in [3.8, 4) is 0 Å². The molecule has 162 valence electrons. The van der Waals surface area contributed by atoms with Gasteiger partial charge in [0.15, 0.2) is 0 Å². The summed E-state index contributed by atoms with van der Waals surface area (Å²) in [6.07, 6.45) is -3.26. The molecule has 0 N–H and O–H groups in total. The SMILES string of the molecule is CC(C)Cc1cnccc1C(F)(F)F.CCC(C)Cc1cccnc1C(F)(F)F. The van der Waals surface area contributed by atoms with E-state index < -0.39 is 23.6 Å². The lowest BCUT2D eigenvalue weighted by molar-refractivity contribution is -0.142. The third-order valence-electron chi connectivity index (χ3n) is 4.26. The van der Waals surface area contributed by atoms with Gasteiger partial charge in [-0.25, -0.2) is 0 Å². The Morgan fingerprint density at radius 3 is 2.03 bits per heavy atom. The quantitative estimate of drug-likeness (QED) is 0.487. The van der Waals surface area contributed by atoms with Crippen LogP contribution in [0.25, 0.3) is 0 Å². The minimum absolute atomic E-state index is 0.195. The molecule has 1 unspecified atom stereocenters. The van der Waals surface area contributed by atoms with Gasteiger partial charge in [0.1, 0.15) is 5.69 Å². The molecule has 0 aliphatic carbocycles. The number of rotatable bonds is 5. The van der Waals surface area contributed by atoms with Gasteiger partial charge in [0, 0.05) is 18.6 Å². The molecule has 2 aromatic rings. The topological polar surface area (TPSA) is 25.8 Å². The second kappa shape index (κ2) is 10.6. The molecule has 1 atom stereocenters. The van der Waals surface area contributed by atoms with Gasteiger partial charge in [0.25, 0.3) is 0 Å². The highest BCUT2D eigenvalue weighted by Crippen LogP contribution is 2.32. The van der Waals surface area contributed by atoms with Crippen LogP contribution in [-0.4, -0.2) is 9.97 Å². The monoisotopic (exact) mass is 420 g/mol. The first kappa shape index (κ1) is 24.9. The summed E-state index contributed by atoms with van der Waals surface area (Å²) in [6.45, 7) is 7.67. The van der Waals surface area contributed by atoms with Crippen LogP contribution in [0.4, 0.5) is 26.3 Å². The normalized spacial score (nSPS) is 13.1. The van der Waals surface area contributed by atoms with Crippen molar-refractivity contribution in [3.63, 3.8) is 0 Å². The lowest BCUT2D eigenvalue weighted by atomic mass is 9.98. The first-order valence-electron chi connectivity index (χ1n) is 9.37. The van der Waals surface area contributed by atoms with Gasteiger partial charge < -0.3 is 0 Å². The van der Waals surface area contributed by atoms with Crippen LogP contribution in [0.5, 0.6) is 0 Å². The molecule has 0 aromatic carbocycles. The van der Waals surface area contributed by atoms with E-state index in [0.29, 0.717) is 18.4 Å². The van der Waals surface area contributed by atoms with Crippen molar-refractivity contribution in [2.24, 2.45) is 11.8 Å². The van der Waals surface area contributed by atoms with Gasteiger partial charge in [0.2, 0.25) is 0 Å². The predicted octanol–water partition coefficient (Wildman–Crippen LogP) is 6.99. The van der Waals surface area contributed by atoms with Crippen molar-refractivity contribution in [2.75, 3.05) is 0 Å². The zero-order valence-electron chi connectivity index (χ0n) is 16.9. The number of halogens is 6. The minimum atomic E-state index is -4.34. The molecule has 2 rings (SSSR count). The smallest absolute Gasteiger partial charge is 0.264 e. The second-order valence-electron chi connectivity index (χ2n) is 7.35. The number of nitrogens with zero attached hydrogens (tertiary/aromatic N) is 2. The minimum Gasteiger partial charge on any atom is -0.264 e. The number of alkyl halides is 6. The van der Waals surface area contributed by atoms with Crippen LogP contribution >= 0.6 is 0 Å². The first-order chi connectivity index (χ1) is 13.4. The highest BCUT2D eigenvalue weighted by molar-refractivity contribution is 5.26. The Balaban J connectivity index is 0.000000291. The van der Waals surface area contributed by atoms with Crippen molar-refractivity contribution in [3.05, 3.63) is 59.2 Å². The maximum absolute atomic E-state index is 12.5. The third-order valence-corrected chi connectivity index (χ3v) is 4.26. The van der Waals surface area contributed by atoms with Gasteiger partial charge in [-0.3, -0.25) is 9.97 Å². The van der Waals surface area contributed by atoms with Gasteiger partial charge in [0.05, 0.1) is 5.56 Å². The van der Waals surface area contributed by atoms with E-state index in [9.17, 15) is 26.3 Å². The van der Waals surface area contributed by atoms with Crippen molar-refractivity contribution in [1.29, 1.82) is 0 Å². The standard InChI is InChI=1S/C11H14F3N.C10H12F3N/c1-3-8(2)7-9-5-4-6-15-10(9)11(12,13)14;1-7(2)5-8-6-14-4-3-9(8)10(11,12)13/h4-6,8H,3,7H2,1-2H3;3-4,6-7H,5H2,1-2H3. The highest BCUT2D eigenvalue weighted by Gasteiger charge is 2.35. The molecule has 0 aliphatic heterocycles. The van der Waals surface area contributed by atoms with E-state index in [1.807, 2.05) is 27.7 Å².